The van der Waals surface area contributed by atoms with Crippen molar-refractivity contribution in [3.8, 4) is 28.3 Å². The Balaban J connectivity index is 1.94. The topological polar surface area (TPSA) is 77.8 Å². The van der Waals surface area contributed by atoms with Gasteiger partial charge in [0, 0.05) is 11.1 Å². The van der Waals surface area contributed by atoms with Gasteiger partial charge in [0.05, 0.1) is 6.61 Å². The summed E-state index contributed by atoms with van der Waals surface area (Å²) >= 11 is 5.29. The molecule has 0 radical (unpaired) electrons. The Morgan fingerprint density at radius 1 is 0.903 bits per heavy atom. The molecule has 0 spiro atoms. The summed E-state index contributed by atoms with van der Waals surface area (Å²) in [7, 11) is 0. The van der Waals surface area contributed by atoms with Gasteiger partial charge in [-0.05, 0) is 31.3 Å². The van der Waals surface area contributed by atoms with Gasteiger partial charge in [-0.3, -0.25) is 0 Å². The van der Waals surface area contributed by atoms with Gasteiger partial charge in [-0.15, -0.1) is 10.2 Å². The zero-order chi connectivity index (χ0) is 21.6. The molecule has 0 atom stereocenters. The molecule has 0 fully saturated rings. The molecule has 31 heavy (non-hydrogen) atoms. The van der Waals surface area contributed by atoms with Crippen molar-refractivity contribution in [2.45, 2.75) is 6.92 Å². The molecule has 0 saturated heterocycles. The fourth-order valence-electron chi connectivity index (χ4n) is 3.23. The van der Waals surface area contributed by atoms with Gasteiger partial charge < -0.3 is 10.5 Å². The van der Waals surface area contributed by atoms with E-state index in [0.29, 0.717) is 35.1 Å². The normalized spacial score (nSPS) is 11.0. The summed E-state index contributed by atoms with van der Waals surface area (Å²) in [6.45, 7) is 2.47. The first kappa shape index (κ1) is 20.4. The van der Waals surface area contributed by atoms with Crippen LogP contribution in [0.5, 0.6) is 5.75 Å². The van der Waals surface area contributed by atoms with Crippen LogP contribution < -0.4 is 10.5 Å². The third-order valence-electron chi connectivity index (χ3n) is 4.59. The van der Waals surface area contributed by atoms with Gasteiger partial charge in [0.25, 0.3) is 0 Å². The SMILES string of the molecule is CCOc1ccccc1N=Nc1c(-c2ccccc2)nn(C(N)=S)c1-c1ccccc1. The number of azo groups is 1. The fourth-order valence-corrected chi connectivity index (χ4v) is 3.36. The monoisotopic (exact) mass is 427 g/mol. The Morgan fingerprint density at radius 2 is 1.52 bits per heavy atom. The van der Waals surface area contributed by atoms with Crippen LogP contribution in [0.2, 0.25) is 0 Å². The van der Waals surface area contributed by atoms with Crippen LogP contribution in [-0.4, -0.2) is 21.5 Å². The maximum absolute atomic E-state index is 6.02. The molecular formula is C24H21N5OS. The van der Waals surface area contributed by atoms with E-state index in [-0.39, 0.29) is 5.11 Å². The van der Waals surface area contributed by atoms with Crippen molar-refractivity contribution in [2.75, 3.05) is 6.61 Å². The molecule has 0 bridgehead atoms. The predicted octanol–water partition coefficient (Wildman–Crippen LogP) is 6.12. The van der Waals surface area contributed by atoms with Crippen LogP contribution in [0.15, 0.2) is 95.2 Å². The number of para-hydroxylation sites is 1. The van der Waals surface area contributed by atoms with Crippen molar-refractivity contribution in [1.82, 2.24) is 9.78 Å². The summed E-state index contributed by atoms with van der Waals surface area (Å²) in [6.07, 6.45) is 0. The van der Waals surface area contributed by atoms with Crippen molar-refractivity contribution in [3.63, 3.8) is 0 Å². The zero-order valence-electron chi connectivity index (χ0n) is 17.0. The lowest BCUT2D eigenvalue weighted by Gasteiger charge is -2.07. The molecule has 0 saturated carbocycles. The second-order valence-corrected chi connectivity index (χ2v) is 7.05. The van der Waals surface area contributed by atoms with Crippen LogP contribution in [0.4, 0.5) is 11.4 Å². The number of thiocarbonyl (C=S) groups is 1. The number of rotatable bonds is 6. The molecule has 1 heterocycles. The van der Waals surface area contributed by atoms with E-state index in [9.17, 15) is 0 Å². The van der Waals surface area contributed by atoms with Crippen LogP contribution in [0, 0.1) is 0 Å². The molecule has 154 valence electrons. The molecule has 0 amide bonds. The molecule has 7 heteroatoms. The number of ether oxygens (including phenoxy) is 1. The second kappa shape index (κ2) is 9.32. The van der Waals surface area contributed by atoms with E-state index in [1.165, 1.54) is 4.68 Å². The van der Waals surface area contributed by atoms with E-state index in [1.54, 1.807) is 0 Å². The molecule has 4 rings (SSSR count). The molecule has 6 nitrogen and oxygen atoms in total. The Hall–Kier alpha value is -3.84. The lowest BCUT2D eigenvalue weighted by Crippen LogP contribution is -2.21. The summed E-state index contributed by atoms with van der Waals surface area (Å²) < 4.78 is 7.22. The minimum atomic E-state index is 0.132. The zero-order valence-corrected chi connectivity index (χ0v) is 17.8. The van der Waals surface area contributed by atoms with Gasteiger partial charge in [-0.1, -0.05) is 72.8 Å². The average Bonchev–Trinajstić information content (AvgIpc) is 3.20. The van der Waals surface area contributed by atoms with Crippen LogP contribution in [0.25, 0.3) is 22.5 Å². The first-order valence-corrected chi connectivity index (χ1v) is 10.3. The van der Waals surface area contributed by atoms with Crippen molar-refractivity contribution in [1.29, 1.82) is 0 Å². The van der Waals surface area contributed by atoms with Crippen LogP contribution >= 0.6 is 12.2 Å². The molecular weight excluding hydrogens is 406 g/mol. The minimum absolute atomic E-state index is 0.132. The molecule has 2 N–H and O–H groups in total. The van der Waals surface area contributed by atoms with E-state index < -0.39 is 0 Å². The number of benzene rings is 3. The highest BCUT2D eigenvalue weighted by Crippen LogP contribution is 2.40. The highest BCUT2D eigenvalue weighted by molar-refractivity contribution is 7.80. The number of nitrogens with zero attached hydrogens (tertiary/aromatic N) is 4. The van der Waals surface area contributed by atoms with Crippen molar-refractivity contribution < 1.29 is 4.74 Å². The summed E-state index contributed by atoms with van der Waals surface area (Å²) in [6, 6.07) is 27.1. The van der Waals surface area contributed by atoms with Crippen LogP contribution in [0.3, 0.4) is 0 Å². The van der Waals surface area contributed by atoms with Gasteiger partial charge in [0.15, 0.2) is 5.11 Å². The van der Waals surface area contributed by atoms with Gasteiger partial charge in [0.2, 0.25) is 0 Å². The average molecular weight is 428 g/mol. The van der Waals surface area contributed by atoms with Crippen molar-refractivity contribution in [2.24, 2.45) is 16.0 Å². The lowest BCUT2D eigenvalue weighted by molar-refractivity contribution is 0.341. The second-order valence-electron chi connectivity index (χ2n) is 6.63. The van der Waals surface area contributed by atoms with Crippen molar-refractivity contribution >= 4 is 28.7 Å². The Labute approximate surface area is 186 Å². The van der Waals surface area contributed by atoms with Crippen LogP contribution in [0.1, 0.15) is 6.92 Å². The molecule has 3 aromatic carbocycles. The Morgan fingerprint density at radius 3 is 2.16 bits per heavy atom. The Kier molecular flexibility index (Phi) is 6.14. The van der Waals surface area contributed by atoms with Gasteiger partial charge in [-0.2, -0.15) is 5.10 Å². The molecule has 0 unspecified atom stereocenters. The third-order valence-corrected chi connectivity index (χ3v) is 4.76. The highest BCUT2D eigenvalue weighted by atomic mass is 32.1. The highest BCUT2D eigenvalue weighted by Gasteiger charge is 2.22. The maximum atomic E-state index is 6.02. The molecule has 1 aromatic heterocycles. The largest absolute Gasteiger partial charge is 0.492 e. The summed E-state index contributed by atoms with van der Waals surface area (Å²) in [5, 5.41) is 13.9. The van der Waals surface area contributed by atoms with Gasteiger partial charge in [0.1, 0.15) is 28.5 Å². The number of hydrogen-bond donors (Lipinski definition) is 1. The third kappa shape index (κ3) is 4.36. The molecule has 0 aliphatic carbocycles. The molecule has 4 aromatic rings. The predicted molar refractivity (Wildman–Crippen MR) is 127 cm³/mol. The number of aromatic nitrogens is 2. The number of hydrogen-bond acceptors (Lipinski definition) is 5. The maximum Gasteiger partial charge on any atom is 0.191 e. The van der Waals surface area contributed by atoms with E-state index in [1.807, 2.05) is 91.9 Å². The molecule has 0 aliphatic heterocycles. The molecule has 0 aliphatic rings. The van der Waals surface area contributed by atoms with E-state index in [4.69, 9.17) is 27.8 Å². The van der Waals surface area contributed by atoms with E-state index in [0.717, 1.165) is 11.1 Å². The van der Waals surface area contributed by atoms with Gasteiger partial charge in [-0.25, -0.2) is 4.68 Å². The summed E-state index contributed by atoms with van der Waals surface area (Å²) in [4.78, 5) is 0. The standard InChI is InChI=1S/C24H21N5OS/c1-2-30-20-16-10-9-15-19(20)26-27-22-21(17-11-5-3-6-12-17)28-29(24(25)31)23(22)18-13-7-4-8-14-18/h3-16H,2H2,1H3,(H2,25,31). The quantitative estimate of drug-likeness (QED) is 0.297. The number of nitrogens with two attached hydrogens (primary N) is 1. The first-order valence-electron chi connectivity index (χ1n) is 9.86. The van der Waals surface area contributed by atoms with E-state index >= 15 is 0 Å². The lowest BCUT2D eigenvalue weighted by atomic mass is 10.1. The van der Waals surface area contributed by atoms with Crippen molar-refractivity contribution in [3.05, 3.63) is 84.9 Å². The smallest absolute Gasteiger partial charge is 0.191 e. The minimum Gasteiger partial charge on any atom is -0.492 e. The fraction of sp³-hybridized carbons (Fsp3) is 0.0833. The summed E-state index contributed by atoms with van der Waals surface area (Å²) in [5.74, 6) is 0.665. The van der Waals surface area contributed by atoms with E-state index in [2.05, 4.69) is 10.2 Å². The Bertz CT molecular complexity index is 1220. The first-order chi connectivity index (χ1) is 15.2. The van der Waals surface area contributed by atoms with Gasteiger partial charge >= 0.3 is 0 Å². The van der Waals surface area contributed by atoms with Crippen LogP contribution in [-0.2, 0) is 0 Å². The summed E-state index contributed by atoms with van der Waals surface area (Å²) in [5.41, 5.74) is 10.3.